The number of nitrogens with one attached hydrogen (secondary N) is 1. The molecule has 1 amide bonds. The lowest BCUT2D eigenvalue weighted by Gasteiger charge is -2.07. The minimum Gasteiger partial charge on any atom is -0.497 e. The van der Waals surface area contributed by atoms with Crippen molar-refractivity contribution in [3.8, 4) is 11.5 Å². The largest absolute Gasteiger partial charge is 0.497 e. The van der Waals surface area contributed by atoms with Crippen LogP contribution in [0.3, 0.4) is 0 Å². The fraction of sp³-hybridized carbons (Fsp3) is 0.429. The molecule has 0 radical (unpaired) electrons. The van der Waals surface area contributed by atoms with E-state index >= 15 is 0 Å². The Kier molecular flexibility index (Phi) is 6.36. The molecule has 0 saturated carbocycles. The Morgan fingerprint density at radius 3 is 2.70 bits per heavy atom. The van der Waals surface area contributed by atoms with Crippen molar-refractivity contribution in [3.63, 3.8) is 0 Å². The number of amides is 1. The predicted octanol–water partition coefficient (Wildman–Crippen LogP) is 1.58. The van der Waals surface area contributed by atoms with Gasteiger partial charge in [-0.25, -0.2) is 0 Å². The maximum atomic E-state index is 11.3. The van der Waals surface area contributed by atoms with Crippen molar-refractivity contribution in [2.75, 3.05) is 20.8 Å². The van der Waals surface area contributed by atoms with Crippen LogP contribution in [0.5, 0.6) is 11.5 Å². The van der Waals surface area contributed by atoms with Crippen LogP contribution < -0.4 is 14.8 Å². The van der Waals surface area contributed by atoms with Crippen LogP contribution in [0.4, 0.5) is 0 Å². The third-order valence-electron chi connectivity index (χ3n) is 2.35. The molecule has 0 saturated heterocycles. The first-order valence-corrected chi connectivity index (χ1v) is 6.23. The van der Waals surface area contributed by atoms with Crippen molar-refractivity contribution in [2.24, 2.45) is 5.16 Å². The zero-order valence-corrected chi connectivity index (χ0v) is 12.2. The number of methoxy groups -OCH3 is 2. The standard InChI is InChI=1S/C14H20N2O4/c1-10(2)16-14(17)9-20-15-8-11-7-12(18-3)5-6-13(11)19-4/h5-8,10H,9H2,1-4H3,(H,16,17)/b15-8+. The molecule has 0 aliphatic rings. The summed E-state index contributed by atoms with van der Waals surface area (Å²) < 4.78 is 10.3. The van der Waals surface area contributed by atoms with Gasteiger partial charge in [0.1, 0.15) is 11.5 Å². The lowest BCUT2D eigenvalue weighted by Crippen LogP contribution is -2.32. The van der Waals surface area contributed by atoms with E-state index in [2.05, 4.69) is 10.5 Å². The van der Waals surface area contributed by atoms with E-state index in [9.17, 15) is 4.79 Å². The van der Waals surface area contributed by atoms with E-state index in [-0.39, 0.29) is 18.6 Å². The van der Waals surface area contributed by atoms with Crippen molar-refractivity contribution < 1.29 is 19.1 Å². The molecule has 6 heteroatoms. The molecular formula is C14H20N2O4. The van der Waals surface area contributed by atoms with E-state index in [1.165, 1.54) is 6.21 Å². The van der Waals surface area contributed by atoms with Gasteiger partial charge in [-0.2, -0.15) is 0 Å². The van der Waals surface area contributed by atoms with Crippen LogP contribution in [0, 0.1) is 0 Å². The van der Waals surface area contributed by atoms with Gasteiger partial charge < -0.3 is 19.6 Å². The van der Waals surface area contributed by atoms with Crippen LogP contribution in [0.25, 0.3) is 0 Å². The summed E-state index contributed by atoms with van der Waals surface area (Å²) in [7, 11) is 3.14. The second-order valence-electron chi connectivity index (χ2n) is 4.34. The maximum absolute atomic E-state index is 11.3. The number of ether oxygens (including phenoxy) is 2. The topological polar surface area (TPSA) is 69.1 Å². The van der Waals surface area contributed by atoms with Crippen molar-refractivity contribution in [1.29, 1.82) is 0 Å². The molecule has 110 valence electrons. The highest BCUT2D eigenvalue weighted by molar-refractivity contribution is 5.84. The molecule has 6 nitrogen and oxygen atoms in total. The monoisotopic (exact) mass is 280 g/mol. The average Bonchev–Trinajstić information content (AvgIpc) is 2.42. The minimum atomic E-state index is -0.213. The second-order valence-corrected chi connectivity index (χ2v) is 4.34. The van der Waals surface area contributed by atoms with Crippen LogP contribution in [-0.2, 0) is 9.63 Å². The average molecular weight is 280 g/mol. The maximum Gasteiger partial charge on any atom is 0.260 e. The first-order chi connectivity index (χ1) is 9.56. The Bertz CT molecular complexity index is 472. The van der Waals surface area contributed by atoms with Crippen LogP contribution >= 0.6 is 0 Å². The van der Waals surface area contributed by atoms with E-state index in [0.717, 1.165) is 0 Å². The van der Waals surface area contributed by atoms with Gasteiger partial charge in [-0.05, 0) is 32.0 Å². The fourth-order valence-electron chi connectivity index (χ4n) is 1.49. The number of benzene rings is 1. The van der Waals surface area contributed by atoms with Gasteiger partial charge in [0.15, 0.2) is 6.61 Å². The lowest BCUT2D eigenvalue weighted by molar-refractivity contribution is -0.126. The molecule has 0 bridgehead atoms. The van der Waals surface area contributed by atoms with Gasteiger partial charge in [0.25, 0.3) is 5.91 Å². The molecule has 0 spiro atoms. The first-order valence-electron chi connectivity index (χ1n) is 6.23. The highest BCUT2D eigenvalue weighted by Gasteiger charge is 2.04. The van der Waals surface area contributed by atoms with Crippen LogP contribution in [-0.4, -0.2) is 39.0 Å². The predicted molar refractivity (Wildman–Crippen MR) is 76.4 cm³/mol. The highest BCUT2D eigenvalue weighted by atomic mass is 16.6. The van der Waals surface area contributed by atoms with Gasteiger partial charge in [0, 0.05) is 11.6 Å². The van der Waals surface area contributed by atoms with Gasteiger partial charge >= 0.3 is 0 Å². The summed E-state index contributed by atoms with van der Waals surface area (Å²) in [6.07, 6.45) is 1.48. The van der Waals surface area contributed by atoms with Crippen molar-refractivity contribution in [3.05, 3.63) is 23.8 Å². The molecule has 0 aliphatic carbocycles. The normalized spacial score (nSPS) is 10.7. The van der Waals surface area contributed by atoms with Crippen LogP contribution in [0.2, 0.25) is 0 Å². The van der Waals surface area contributed by atoms with E-state index in [4.69, 9.17) is 14.3 Å². The van der Waals surface area contributed by atoms with Crippen molar-refractivity contribution in [2.45, 2.75) is 19.9 Å². The third kappa shape index (κ3) is 5.17. The molecule has 1 aromatic rings. The molecule has 1 N–H and O–H groups in total. The molecule has 0 unspecified atom stereocenters. The van der Waals surface area contributed by atoms with Gasteiger partial charge in [-0.3, -0.25) is 4.79 Å². The van der Waals surface area contributed by atoms with Crippen molar-refractivity contribution >= 4 is 12.1 Å². The highest BCUT2D eigenvalue weighted by Crippen LogP contribution is 2.22. The molecule has 0 aliphatic heterocycles. The van der Waals surface area contributed by atoms with E-state index < -0.39 is 0 Å². The number of hydrogen-bond donors (Lipinski definition) is 1. The molecular weight excluding hydrogens is 260 g/mol. The smallest absolute Gasteiger partial charge is 0.260 e. The van der Waals surface area contributed by atoms with Gasteiger partial charge in [-0.15, -0.1) is 0 Å². The van der Waals surface area contributed by atoms with E-state index in [1.54, 1.807) is 32.4 Å². The number of nitrogens with zero attached hydrogens (tertiary/aromatic N) is 1. The molecule has 0 fully saturated rings. The number of oxime groups is 1. The van der Waals surface area contributed by atoms with Gasteiger partial charge in [0.05, 0.1) is 20.4 Å². The number of carbonyl (C=O) groups is 1. The summed E-state index contributed by atoms with van der Waals surface area (Å²) in [5.74, 6) is 1.12. The molecule has 0 atom stereocenters. The van der Waals surface area contributed by atoms with Crippen LogP contribution in [0.15, 0.2) is 23.4 Å². The molecule has 1 rings (SSSR count). The first kappa shape index (κ1) is 15.8. The Hall–Kier alpha value is -2.24. The molecule has 1 aromatic carbocycles. The molecule has 0 aromatic heterocycles. The lowest BCUT2D eigenvalue weighted by atomic mass is 10.2. The van der Waals surface area contributed by atoms with Crippen molar-refractivity contribution in [1.82, 2.24) is 5.32 Å². The quantitative estimate of drug-likeness (QED) is 0.608. The second kappa shape index (κ2) is 8.04. The Morgan fingerprint density at radius 1 is 1.35 bits per heavy atom. The minimum absolute atomic E-state index is 0.0774. The zero-order chi connectivity index (χ0) is 15.0. The third-order valence-corrected chi connectivity index (χ3v) is 2.35. The Labute approximate surface area is 118 Å². The van der Waals surface area contributed by atoms with Gasteiger partial charge in [-0.1, -0.05) is 5.16 Å². The number of rotatable bonds is 7. The van der Waals surface area contributed by atoms with E-state index in [1.807, 2.05) is 13.8 Å². The summed E-state index contributed by atoms with van der Waals surface area (Å²) in [4.78, 5) is 16.3. The molecule has 0 heterocycles. The van der Waals surface area contributed by atoms with E-state index in [0.29, 0.717) is 17.1 Å². The summed E-state index contributed by atoms with van der Waals surface area (Å²) in [5.41, 5.74) is 0.705. The SMILES string of the molecule is COc1ccc(OC)c(/C=N/OCC(=O)NC(C)C)c1. The number of carbonyl (C=O) groups excluding carboxylic acids is 1. The molecule has 20 heavy (non-hydrogen) atoms. The van der Waals surface area contributed by atoms with Gasteiger partial charge in [0.2, 0.25) is 0 Å². The Morgan fingerprint density at radius 2 is 2.10 bits per heavy atom. The summed E-state index contributed by atoms with van der Waals surface area (Å²) in [6.45, 7) is 3.63. The summed E-state index contributed by atoms with van der Waals surface area (Å²) in [5, 5.41) is 6.45. The summed E-state index contributed by atoms with van der Waals surface area (Å²) >= 11 is 0. The fourth-order valence-corrected chi connectivity index (χ4v) is 1.49. The van der Waals surface area contributed by atoms with Crippen LogP contribution in [0.1, 0.15) is 19.4 Å². The summed E-state index contributed by atoms with van der Waals surface area (Å²) in [6, 6.07) is 5.40. The zero-order valence-electron chi connectivity index (χ0n) is 12.2. The Balaban J connectivity index is 2.59. The number of hydrogen-bond acceptors (Lipinski definition) is 5.